The molecule has 3 aromatic rings. The second-order valence-electron chi connectivity index (χ2n) is 6.72. The minimum absolute atomic E-state index is 0.155. The van der Waals surface area contributed by atoms with Gasteiger partial charge >= 0.3 is 12.4 Å². The van der Waals surface area contributed by atoms with E-state index in [1.54, 1.807) is 19.1 Å². The molecular formula is C20H17F6N3. The van der Waals surface area contributed by atoms with Crippen LogP contribution < -0.4 is 5.32 Å². The van der Waals surface area contributed by atoms with Crippen molar-refractivity contribution in [1.29, 1.82) is 0 Å². The highest BCUT2D eigenvalue weighted by Gasteiger charge is 2.32. The first-order valence-corrected chi connectivity index (χ1v) is 8.66. The van der Waals surface area contributed by atoms with Crippen LogP contribution in [-0.4, -0.2) is 10.2 Å². The van der Waals surface area contributed by atoms with E-state index in [0.717, 1.165) is 24.3 Å². The van der Waals surface area contributed by atoms with Crippen LogP contribution >= 0.6 is 0 Å². The van der Waals surface area contributed by atoms with Crippen molar-refractivity contribution in [1.82, 2.24) is 10.2 Å². The Morgan fingerprint density at radius 1 is 0.828 bits per heavy atom. The van der Waals surface area contributed by atoms with E-state index in [9.17, 15) is 26.3 Å². The van der Waals surface area contributed by atoms with Crippen molar-refractivity contribution in [3.63, 3.8) is 0 Å². The lowest BCUT2D eigenvalue weighted by Gasteiger charge is -2.14. The molecule has 0 radical (unpaired) electrons. The number of nitrogens with one attached hydrogen (secondary N) is 2. The molecule has 29 heavy (non-hydrogen) atoms. The summed E-state index contributed by atoms with van der Waals surface area (Å²) in [5, 5.41) is 9.13. The van der Waals surface area contributed by atoms with Gasteiger partial charge in [0.1, 0.15) is 5.82 Å². The lowest BCUT2D eigenvalue weighted by atomic mass is 9.98. The van der Waals surface area contributed by atoms with Crippen LogP contribution in [0.2, 0.25) is 0 Å². The standard InChI is InChI=1S/C20H17F6N3/c1-12-6-13(8-15(7-12)19(21,22)23)2-3-14-9-16(20(24,25)26)11-17(10-14)28-18-4-5-27-29-18/h4-11H,2-3H2,1H3,(H2,27,28,29). The second-order valence-corrected chi connectivity index (χ2v) is 6.72. The summed E-state index contributed by atoms with van der Waals surface area (Å²) in [6.45, 7) is 1.55. The van der Waals surface area contributed by atoms with Gasteiger partial charge in [0.15, 0.2) is 0 Å². The smallest absolute Gasteiger partial charge is 0.341 e. The Kier molecular flexibility index (Phi) is 5.59. The molecule has 154 valence electrons. The minimum atomic E-state index is -4.55. The van der Waals surface area contributed by atoms with Crippen LogP contribution in [0.4, 0.5) is 37.8 Å². The van der Waals surface area contributed by atoms with Gasteiger partial charge in [0.2, 0.25) is 0 Å². The van der Waals surface area contributed by atoms with Crippen molar-refractivity contribution in [3.05, 3.63) is 76.5 Å². The number of halogens is 6. The van der Waals surface area contributed by atoms with E-state index in [2.05, 4.69) is 15.5 Å². The van der Waals surface area contributed by atoms with Gasteiger partial charge in [-0.3, -0.25) is 5.10 Å². The highest BCUT2D eigenvalue weighted by atomic mass is 19.4. The highest BCUT2D eigenvalue weighted by molar-refractivity contribution is 5.58. The largest absolute Gasteiger partial charge is 0.416 e. The molecular weight excluding hydrogens is 396 g/mol. The number of anilines is 2. The van der Waals surface area contributed by atoms with Gasteiger partial charge in [-0.15, -0.1) is 0 Å². The van der Waals surface area contributed by atoms with Crippen molar-refractivity contribution in [2.75, 3.05) is 5.32 Å². The Hall–Kier alpha value is -2.97. The summed E-state index contributed by atoms with van der Waals surface area (Å²) in [7, 11) is 0. The van der Waals surface area contributed by atoms with Gasteiger partial charge in [-0.1, -0.05) is 11.6 Å². The van der Waals surface area contributed by atoms with Crippen molar-refractivity contribution >= 4 is 11.5 Å². The van der Waals surface area contributed by atoms with Gasteiger partial charge in [0, 0.05) is 11.8 Å². The maximum atomic E-state index is 13.3. The van der Waals surface area contributed by atoms with Crippen LogP contribution in [0.5, 0.6) is 0 Å². The summed E-state index contributed by atoms with van der Waals surface area (Å²) < 4.78 is 78.7. The average molecular weight is 413 g/mol. The number of alkyl halides is 6. The van der Waals surface area contributed by atoms with Crippen LogP contribution in [0.15, 0.2) is 48.7 Å². The van der Waals surface area contributed by atoms with Crippen molar-refractivity contribution in [2.24, 2.45) is 0 Å². The lowest BCUT2D eigenvalue weighted by Crippen LogP contribution is -2.08. The molecule has 0 saturated heterocycles. The first-order valence-electron chi connectivity index (χ1n) is 8.66. The zero-order valence-corrected chi connectivity index (χ0v) is 15.2. The maximum Gasteiger partial charge on any atom is 0.416 e. The zero-order chi connectivity index (χ0) is 21.2. The van der Waals surface area contributed by atoms with E-state index in [-0.39, 0.29) is 18.5 Å². The van der Waals surface area contributed by atoms with E-state index in [0.29, 0.717) is 22.5 Å². The molecule has 0 atom stereocenters. The second kappa shape index (κ2) is 7.81. The number of H-pyrrole nitrogens is 1. The monoisotopic (exact) mass is 413 g/mol. The maximum absolute atomic E-state index is 13.3. The number of aromatic nitrogens is 2. The number of aromatic amines is 1. The minimum Gasteiger partial charge on any atom is -0.341 e. The van der Waals surface area contributed by atoms with E-state index < -0.39 is 23.5 Å². The molecule has 1 heterocycles. The third-order valence-corrected chi connectivity index (χ3v) is 4.27. The normalized spacial score (nSPS) is 12.2. The molecule has 0 amide bonds. The highest BCUT2D eigenvalue weighted by Crippen LogP contribution is 2.34. The lowest BCUT2D eigenvalue weighted by molar-refractivity contribution is -0.138. The molecule has 0 fully saturated rings. The van der Waals surface area contributed by atoms with Gasteiger partial charge in [-0.2, -0.15) is 31.4 Å². The van der Waals surface area contributed by atoms with Crippen LogP contribution in [-0.2, 0) is 25.2 Å². The van der Waals surface area contributed by atoms with Gasteiger partial charge < -0.3 is 5.32 Å². The summed E-state index contributed by atoms with van der Waals surface area (Å²) in [5.41, 5.74) is -0.176. The first-order chi connectivity index (χ1) is 13.5. The molecule has 0 saturated carbocycles. The Balaban J connectivity index is 1.86. The molecule has 0 aliphatic heterocycles. The Bertz CT molecular complexity index is 975. The molecule has 9 heteroatoms. The number of aryl methyl sites for hydroxylation is 3. The van der Waals surface area contributed by atoms with E-state index in [1.807, 2.05) is 0 Å². The molecule has 0 bridgehead atoms. The number of benzene rings is 2. The molecule has 2 N–H and O–H groups in total. The van der Waals surface area contributed by atoms with Crippen LogP contribution in [0.3, 0.4) is 0 Å². The zero-order valence-electron chi connectivity index (χ0n) is 15.2. The van der Waals surface area contributed by atoms with E-state index in [1.165, 1.54) is 12.3 Å². The number of hydrogen-bond acceptors (Lipinski definition) is 2. The Morgan fingerprint density at radius 2 is 1.41 bits per heavy atom. The number of hydrogen-bond donors (Lipinski definition) is 2. The Labute approximate surface area is 162 Å². The molecule has 0 unspecified atom stereocenters. The summed E-state index contributed by atoms with van der Waals surface area (Å²) in [4.78, 5) is 0. The predicted molar refractivity (Wildman–Crippen MR) is 96.9 cm³/mol. The third-order valence-electron chi connectivity index (χ3n) is 4.27. The molecule has 3 nitrogen and oxygen atoms in total. The molecule has 2 aromatic carbocycles. The summed E-state index contributed by atoms with van der Waals surface area (Å²) in [6.07, 6.45) is -7.24. The molecule has 0 spiro atoms. The van der Waals surface area contributed by atoms with E-state index >= 15 is 0 Å². The number of rotatable bonds is 5. The average Bonchev–Trinajstić information content (AvgIpc) is 3.11. The molecule has 0 aliphatic rings. The summed E-state index contributed by atoms with van der Waals surface area (Å²) in [6, 6.07) is 8.76. The van der Waals surface area contributed by atoms with Crippen LogP contribution in [0, 0.1) is 6.92 Å². The van der Waals surface area contributed by atoms with Gasteiger partial charge in [-0.05, 0) is 61.2 Å². The quantitative estimate of drug-likeness (QED) is 0.483. The van der Waals surface area contributed by atoms with Crippen molar-refractivity contribution < 1.29 is 26.3 Å². The number of nitrogens with zero attached hydrogens (tertiary/aromatic N) is 1. The fourth-order valence-corrected chi connectivity index (χ4v) is 3.01. The van der Waals surface area contributed by atoms with Gasteiger partial charge in [0.25, 0.3) is 0 Å². The van der Waals surface area contributed by atoms with Gasteiger partial charge in [-0.25, -0.2) is 0 Å². The first kappa shape index (κ1) is 20.8. The van der Waals surface area contributed by atoms with Gasteiger partial charge in [0.05, 0.1) is 17.3 Å². The van der Waals surface area contributed by atoms with Crippen LogP contribution in [0.25, 0.3) is 0 Å². The predicted octanol–water partition coefficient (Wildman–Crippen LogP) is 6.28. The van der Waals surface area contributed by atoms with Crippen molar-refractivity contribution in [3.8, 4) is 0 Å². The molecule has 0 aliphatic carbocycles. The molecule has 3 rings (SSSR count). The molecule has 1 aromatic heterocycles. The summed E-state index contributed by atoms with van der Waals surface area (Å²) in [5.74, 6) is 0.420. The third kappa shape index (κ3) is 5.52. The fourth-order valence-electron chi connectivity index (χ4n) is 3.01. The van der Waals surface area contributed by atoms with Crippen molar-refractivity contribution in [2.45, 2.75) is 32.1 Å². The van der Waals surface area contributed by atoms with Crippen LogP contribution in [0.1, 0.15) is 27.8 Å². The van der Waals surface area contributed by atoms with E-state index in [4.69, 9.17) is 0 Å². The fraction of sp³-hybridized carbons (Fsp3) is 0.250. The summed E-state index contributed by atoms with van der Waals surface area (Å²) >= 11 is 0. The topological polar surface area (TPSA) is 40.7 Å². The SMILES string of the molecule is Cc1cc(CCc2cc(Nc3ccn[nH]3)cc(C(F)(F)F)c2)cc(C(F)(F)F)c1. The Morgan fingerprint density at radius 3 is 1.97 bits per heavy atom.